The Kier molecular flexibility index (Phi) is 8.04. The Hall–Kier alpha value is -2.89. The van der Waals surface area contributed by atoms with E-state index in [0.29, 0.717) is 31.9 Å². The average Bonchev–Trinajstić information content (AvgIpc) is 2.78. The van der Waals surface area contributed by atoms with Gasteiger partial charge < -0.3 is 10.2 Å². The Morgan fingerprint density at radius 3 is 2.52 bits per heavy atom. The second kappa shape index (κ2) is 10.9. The van der Waals surface area contributed by atoms with Crippen LogP contribution in [0.1, 0.15) is 17.3 Å². The van der Waals surface area contributed by atoms with Crippen molar-refractivity contribution in [2.45, 2.75) is 11.8 Å². The van der Waals surface area contributed by atoms with E-state index < -0.39 is 5.82 Å². The minimum absolute atomic E-state index is 0.0721. The number of rotatable bonds is 7. The SMILES string of the molecule is CC(C#N)CSc1ccccc1NC(=O)CN1CCN(C(=O)c2ccccc2F)CC1. The number of anilines is 1. The second-order valence-electron chi connectivity index (χ2n) is 7.43. The van der Waals surface area contributed by atoms with Gasteiger partial charge in [0.1, 0.15) is 5.82 Å². The molecule has 8 heteroatoms. The molecule has 1 N–H and O–H groups in total. The first-order chi connectivity index (χ1) is 15.0. The molecule has 0 aliphatic carbocycles. The third kappa shape index (κ3) is 6.29. The number of benzene rings is 2. The quantitative estimate of drug-likeness (QED) is 0.667. The van der Waals surface area contributed by atoms with Gasteiger partial charge >= 0.3 is 0 Å². The van der Waals surface area contributed by atoms with Gasteiger partial charge in [-0.1, -0.05) is 24.3 Å². The van der Waals surface area contributed by atoms with Crippen molar-refractivity contribution >= 4 is 29.3 Å². The van der Waals surface area contributed by atoms with Crippen molar-refractivity contribution in [3.05, 3.63) is 59.9 Å². The molecule has 0 bridgehead atoms. The van der Waals surface area contributed by atoms with Crippen molar-refractivity contribution in [1.82, 2.24) is 9.80 Å². The van der Waals surface area contributed by atoms with Crippen molar-refractivity contribution in [2.75, 3.05) is 43.8 Å². The number of nitriles is 1. The Labute approximate surface area is 186 Å². The van der Waals surface area contributed by atoms with Crippen LogP contribution in [0.15, 0.2) is 53.4 Å². The van der Waals surface area contributed by atoms with E-state index in [2.05, 4.69) is 11.4 Å². The van der Waals surface area contributed by atoms with E-state index in [0.717, 1.165) is 10.6 Å². The summed E-state index contributed by atoms with van der Waals surface area (Å²) in [6.07, 6.45) is 0. The first kappa shape index (κ1) is 22.8. The lowest BCUT2D eigenvalue weighted by molar-refractivity contribution is -0.117. The molecule has 1 saturated heterocycles. The van der Waals surface area contributed by atoms with Crippen molar-refractivity contribution < 1.29 is 14.0 Å². The molecule has 31 heavy (non-hydrogen) atoms. The molecule has 1 fully saturated rings. The summed E-state index contributed by atoms with van der Waals surface area (Å²) in [6, 6.07) is 15.7. The number of hydrogen-bond acceptors (Lipinski definition) is 5. The third-order valence-corrected chi connectivity index (χ3v) is 6.34. The van der Waals surface area contributed by atoms with Crippen molar-refractivity contribution in [3.63, 3.8) is 0 Å². The van der Waals surface area contributed by atoms with Crippen LogP contribution in [0, 0.1) is 23.1 Å². The monoisotopic (exact) mass is 440 g/mol. The molecule has 1 heterocycles. The maximum Gasteiger partial charge on any atom is 0.256 e. The summed E-state index contributed by atoms with van der Waals surface area (Å²) in [6.45, 7) is 4.06. The van der Waals surface area contributed by atoms with Crippen LogP contribution in [0.4, 0.5) is 10.1 Å². The van der Waals surface area contributed by atoms with Gasteiger partial charge in [-0.3, -0.25) is 14.5 Å². The van der Waals surface area contributed by atoms with Gasteiger partial charge in [-0.05, 0) is 31.2 Å². The number of amides is 2. The Bertz CT molecular complexity index is 970. The topological polar surface area (TPSA) is 76.4 Å². The first-order valence-electron chi connectivity index (χ1n) is 10.2. The molecule has 3 rings (SSSR count). The van der Waals surface area contributed by atoms with E-state index >= 15 is 0 Å². The van der Waals surface area contributed by atoms with Crippen LogP contribution in [0.25, 0.3) is 0 Å². The number of piperazine rings is 1. The minimum Gasteiger partial charge on any atom is -0.336 e. The zero-order valence-corrected chi connectivity index (χ0v) is 18.2. The van der Waals surface area contributed by atoms with E-state index in [1.165, 1.54) is 12.1 Å². The van der Waals surface area contributed by atoms with Crippen LogP contribution >= 0.6 is 11.8 Å². The lowest BCUT2D eigenvalue weighted by Crippen LogP contribution is -2.50. The van der Waals surface area contributed by atoms with Crippen LogP contribution < -0.4 is 5.32 Å². The highest BCUT2D eigenvalue weighted by molar-refractivity contribution is 7.99. The highest BCUT2D eigenvalue weighted by Crippen LogP contribution is 2.28. The van der Waals surface area contributed by atoms with Gasteiger partial charge in [0.25, 0.3) is 5.91 Å². The van der Waals surface area contributed by atoms with E-state index in [-0.39, 0.29) is 29.8 Å². The maximum absolute atomic E-state index is 13.9. The number of carbonyl (C=O) groups excluding carboxylic acids is 2. The van der Waals surface area contributed by atoms with Gasteiger partial charge in [-0.15, -0.1) is 11.8 Å². The van der Waals surface area contributed by atoms with Crippen LogP contribution in [0.5, 0.6) is 0 Å². The molecule has 1 unspecified atom stereocenters. The minimum atomic E-state index is -0.519. The predicted octanol–water partition coefficient (Wildman–Crippen LogP) is 3.47. The lowest BCUT2D eigenvalue weighted by atomic mass is 10.1. The molecule has 1 atom stereocenters. The molecular weight excluding hydrogens is 415 g/mol. The average molecular weight is 441 g/mol. The number of para-hydroxylation sites is 1. The van der Waals surface area contributed by atoms with Gasteiger partial charge in [0.2, 0.25) is 5.91 Å². The van der Waals surface area contributed by atoms with Crippen LogP contribution in [-0.4, -0.2) is 60.1 Å². The van der Waals surface area contributed by atoms with Gasteiger partial charge in [-0.2, -0.15) is 5.26 Å². The van der Waals surface area contributed by atoms with E-state index in [1.54, 1.807) is 28.8 Å². The molecule has 6 nitrogen and oxygen atoms in total. The number of halogens is 1. The zero-order chi connectivity index (χ0) is 22.2. The number of nitrogens with zero attached hydrogens (tertiary/aromatic N) is 3. The number of carbonyl (C=O) groups is 2. The highest BCUT2D eigenvalue weighted by Gasteiger charge is 2.25. The summed E-state index contributed by atoms with van der Waals surface area (Å²) in [5.74, 6) is -0.386. The Morgan fingerprint density at radius 2 is 1.81 bits per heavy atom. The van der Waals surface area contributed by atoms with Crippen LogP contribution in [-0.2, 0) is 4.79 Å². The van der Waals surface area contributed by atoms with Crippen molar-refractivity contribution in [3.8, 4) is 6.07 Å². The summed E-state index contributed by atoms with van der Waals surface area (Å²) in [7, 11) is 0. The normalized spacial score (nSPS) is 15.2. The molecule has 1 aliphatic rings. The summed E-state index contributed by atoms with van der Waals surface area (Å²) >= 11 is 1.54. The molecule has 0 spiro atoms. The van der Waals surface area contributed by atoms with Crippen molar-refractivity contribution in [2.24, 2.45) is 5.92 Å². The predicted molar refractivity (Wildman–Crippen MR) is 119 cm³/mol. The Balaban J connectivity index is 1.50. The van der Waals surface area contributed by atoms with Crippen molar-refractivity contribution in [1.29, 1.82) is 5.26 Å². The van der Waals surface area contributed by atoms with Gasteiger partial charge in [0.05, 0.1) is 29.8 Å². The fourth-order valence-electron chi connectivity index (χ4n) is 3.25. The zero-order valence-electron chi connectivity index (χ0n) is 17.4. The summed E-state index contributed by atoms with van der Waals surface area (Å²) in [5, 5.41) is 11.9. The second-order valence-corrected chi connectivity index (χ2v) is 8.50. The molecule has 2 aromatic rings. The molecule has 0 radical (unpaired) electrons. The third-order valence-electron chi connectivity index (χ3n) is 5.00. The summed E-state index contributed by atoms with van der Waals surface area (Å²) < 4.78 is 13.9. The van der Waals surface area contributed by atoms with E-state index in [9.17, 15) is 14.0 Å². The summed E-state index contributed by atoms with van der Waals surface area (Å²) in [4.78, 5) is 29.6. The highest BCUT2D eigenvalue weighted by atomic mass is 32.2. The molecular formula is C23H25FN4O2S. The smallest absolute Gasteiger partial charge is 0.256 e. The largest absolute Gasteiger partial charge is 0.336 e. The van der Waals surface area contributed by atoms with E-state index in [1.807, 2.05) is 36.1 Å². The Morgan fingerprint density at radius 1 is 1.13 bits per heavy atom. The molecule has 162 valence electrons. The van der Waals surface area contributed by atoms with Gasteiger partial charge in [-0.25, -0.2) is 4.39 Å². The summed E-state index contributed by atoms with van der Waals surface area (Å²) in [5.41, 5.74) is 0.810. The molecule has 1 aliphatic heterocycles. The maximum atomic E-state index is 13.9. The molecule has 2 aromatic carbocycles. The standard InChI is InChI=1S/C23H25FN4O2S/c1-17(14-25)16-31-21-9-5-4-8-20(21)26-22(29)15-27-10-12-28(13-11-27)23(30)18-6-2-3-7-19(18)24/h2-9,17H,10-13,15-16H2,1H3,(H,26,29). The molecule has 0 aromatic heterocycles. The molecule has 0 saturated carbocycles. The lowest BCUT2D eigenvalue weighted by Gasteiger charge is -2.34. The fraction of sp³-hybridized carbons (Fsp3) is 0.348. The van der Waals surface area contributed by atoms with Crippen LogP contribution in [0.3, 0.4) is 0 Å². The van der Waals surface area contributed by atoms with Crippen LogP contribution in [0.2, 0.25) is 0 Å². The number of hydrogen-bond donors (Lipinski definition) is 1. The first-order valence-corrected chi connectivity index (χ1v) is 11.1. The van der Waals surface area contributed by atoms with E-state index in [4.69, 9.17) is 5.26 Å². The number of nitrogens with one attached hydrogen (secondary N) is 1. The number of thioether (sulfide) groups is 1. The fourth-order valence-corrected chi connectivity index (χ4v) is 4.21. The van der Waals surface area contributed by atoms with Gasteiger partial charge in [0, 0.05) is 36.8 Å². The molecule has 2 amide bonds. The van der Waals surface area contributed by atoms with Gasteiger partial charge in [0.15, 0.2) is 0 Å².